The van der Waals surface area contributed by atoms with E-state index in [-0.39, 0.29) is 0 Å². The van der Waals surface area contributed by atoms with Crippen molar-refractivity contribution in [1.29, 1.82) is 0 Å². The smallest absolute Gasteiger partial charge is 0.228 e. The zero-order valence-corrected chi connectivity index (χ0v) is 12.5. The quantitative estimate of drug-likeness (QED) is 0.693. The fourth-order valence-electron chi connectivity index (χ4n) is 1.90. The number of hydrogen-bond donors (Lipinski definition) is 2. The van der Waals surface area contributed by atoms with E-state index in [2.05, 4.69) is 37.7 Å². The maximum absolute atomic E-state index is 4.98. The van der Waals surface area contributed by atoms with Gasteiger partial charge in [-0.2, -0.15) is 9.97 Å². The molecule has 8 heteroatoms. The number of nitrogens with one attached hydrogen (secondary N) is 2. The maximum Gasteiger partial charge on any atom is 0.228 e. The maximum atomic E-state index is 4.98. The van der Waals surface area contributed by atoms with Crippen LogP contribution in [0.25, 0.3) is 10.2 Å². The molecule has 3 heterocycles. The van der Waals surface area contributed by atoms with E-state index < -0.39 is 0 Å². The lowest BCUT2D eigenvalue weighted by Gasteiger charge is -2.08. The van der Waals surface area contributed by atoms with Crippen molar-refractivity contribution in [3.05, 3.63) is 23.7 Å². The molecule has 0 spiro atoms. The summed E-state index contributed by atoms with van der Waals surface area (Å²) in [6.45, 7) is 3.65. The number of fused-ring (bicyclic) bond motifs is 1. The molecule has 0 saturated heterocycles. The second-order valence-electron chi connectivity index (χ2n) is 4.47. The summed E-state index contributed by atoms with van der Waals surface area (Å²) < 4.78 is 4.98. The number of thiophene rings is 1. The molecular formula is C13H16N6OS. The Morgan fingerprint density at radius 1 is 1.24 bits per heavy atom. The average Bonchev–Trinajstić information content (AvgIpc) is 3.15. The summed E-state index contributed by atoms with van der Waals surface area (Å²) in [6.07, 6.45) is 3.10. The minimum Gasteiger partial charge on any atom is -0.369 e. The summed E-state index contributed by atoms with van der Waals surface area (Å²) in [7, 11) is 0. The highest BCUT2D eigenvalue weighted by atomic mass is 32.1. The normalized spacial score (nSPS) is 10.9. The van der Waals surface area contributed by atoms with Crippen LogP contribution >= 0.6 is 11.3 Å². The molecule has 3 aromatic rings. The summed E-state index contributed by atoms with van der Waals surface area (Å²) in [5, 5.41) is 13.2. The molecule has 3 aromatic heterocycles. The molecule has 0 fully saturated rings. The van der Waals surface area contributed by atoms with Crippen molar-refractivity contribution in [2.45, 2.75) is 19.8 Å². The Morgan fingerprint density at radius 2 is 2.19 bits per heavy atom. The third-order valence-electron chi connectivity index (χ3n) is 2.90. The van der Waals surface area contributed by atoms with Crippen molar-refractivity contribution in [3.63, 3.8) is 0 Å². The van der Waals surface area contributed by atoms with E-state index in [0.29, 0.717) is 24.8 Å². The van der Waals surface area contributed by atoms with Gasteiger partial charge in [0.15, 0.2) is 6.33 Å². The SMILES string of the molecule is CCCNc1nc(NCCc2ncno2)c2ccsc2n1. The molecule has 0 aliphatic carbocycles. The summed E-state index contributed by atoms with van der Waals surface area (Å²) in [5.74, 6) is 2.11. The molecule has 0 unspecified atom stereocenters. The summed E-state index contributed by atoms with van der Waals surface area (Å²) in [5.41, 5.74) is 0. The molecule has 21 heavy (non-hydrogen) atoms. The van der Waals surface area contributed by atoms with Crippen molar-refractivity contribution in [2.75, 3.05) is 23.7 Å². The van der Waals surface area contributed by atoms with Gasteiger partial charge in [0.1, 0.15) is 10.6 Å². The van der Waals surface area contributed by atoms with E-state index in [1.807, 2.05) is 11.4 Å². The van der Waals surface area contributed by atoms with Crippen molar-refractivity contribution in [1.82, 2.24) is 20.1 Å². The molecule has 0 aliphatic rings. The van der Waals surface area contributed by atoms with Crippen LogP contribution in [-0.2, 0) is 6.42 Å². The van der Waals surface area contributed by atoms with Crippen molar-refractivity contribution < 1.29 is 4.52 Å². The van der Waals surface area contributed by atoms with Crippen LogP contribution in [0.5, 0.6) is 0 Å². The number of anilines is 2. The van der Waals surface area contributed by atoms with Gasteiger partial charge in [0, 0.05) is 19.5 Å². The third-order valence-corrected chi connectivity index (χ3v) is 3.70. The lowest BCUT2D eigenvalue weighted by atomic mass is 10.3. The largest absolute Gasteiger partial charge is 0.369 e. The van der Waals surface area contributed by atoms with E-state index in [1.54, 1.807) is 11.3 Å². The van der Waals surface area contributed by atoms with Crippen LogP contribution in [0.4, 0.5) is 11.8 Å². The molecule has 0 saturated carbocycles. The van der Waals surface area contributed by atoms with Crippen LogP contribution in [0, 0.1) is 0 Å². The van der Waals surface area contributed by atoms with Crippen molar-refractivity contribution in [3.8, 4) is 0 Å². The van der Waals surface area contributed by atoms with Gasteiger partial charge in [-0.15, -0.1) is 11.3 Å². The Morgan fingerprint density at radius 3 is 3.00 bits per heavy atom. The highest BCUT2D eigenvalue weighted by Crippen LogP contribution is 2.26. The number of nitrogens with zero attached hydrogens (tertiary/aromatic N) is 4. The lowest BCUT2D eigenvalue weighted by molar-refractivity contribution is 0.380. The molecule has 0 bridgehead atoms. The molecular weight excluding hydrogens is 288 g/mol. The zero-order chi connectivity index (χ0) is 14.5. The topological polar surface area (TPSA) is 88.8 Å². The Kier molecular flexibility index (Phi) is 4.25. The highest BCUT2D eigenvalue weighted by Gasteiger charge is 2.09. The van der Waals surface area contributed by atoms with Gasteiger partial charge in [-0.1, -0.05) is 12.1 Å². The van der Waals surface area contributed by atoms with Gasteiger partial charge in [-0.3, -0.25) is 0 Å². The Balaban J connectivity index is 1.74. The van der Waals surface area contributed by atoms with Crippen LogP contribution in [0.2, 0.25) is 0 Å². The molecule has 7 nitrogen and oxygen atoms in total. The van der Waals surface area contributed by atoms with E-state index >= 15 is 0 Å². The fraction of sp³-hybridized carbons (Fsp3) is 0.385. The van der Waals surface area contributed by atoms with E-state index in [0.717, 1.165) is 29.0 Å². The fourth-order valence-corrected chi connectivity index (χ4v) is 2.66. The van der Waals surface area contributed by atoms with Crippen LogP contribution < -0.4 is 10.6 Å². The first-order valence-electron chi connectivity index (χ1n) is 6.85. The Labute approximate surface area is 125 Å². The minimum absolute atomic E-state index is 0.613. The van der Waals surface area contributed by atoms with Crippen LogP contribution in [0.15, 0.2) is 22.3 Å². The predicted octanol–water partition coefficient (Wildman–Crippen LogP) is 2.55. The summed E-state index contributed by atoms with van der Waals surface area (Å²) >= 11 is 1.61. The van der Waals surface area contributed by atoms with Crippen molar-refractivity contribution in [2.24, 2.45) is 0 Å². The van der Waals surface area contributed by atoms with Gasteiger partial charge >= 0.3 is 0 Å². The summed E-state index contributed by atoms with van der Waals surface area (Å²) in [4.78, 5) is 14.0. The molecule has 110 valence electrons. The minimum atomic E-state index is 0.613. The first kappa shape index (κ1) is 13.7. The van der Waals surface area contributed by atoms with Crippen LogP contribution in [0.1, 0.15) is 19.2 Å². The molecule has 0 radical (unpaired) electrons. The van der Waals surface area contributed by atoms with Gasteiger partial charge in [-0.25, -0.2) is 4.98 Å². The summed E-state index contributed by atoms with van der Waals surface area (Å²) in [6, 6.07) is 2.03. The molecule has 0 atom stereocenters. The lowest BCUT2D eigenvalue weighted by Crippen LogP contribution is -2.10. The van der Waals surface area contributed by atoms with Crippen LogP contribution in [0.3, 0.4) is 0 Å². The predicted molar refractivity (Wildman–Crippen MR) is 82.7 cm³/mol. The molecule has 0 amide bonds. The second-order valence-corrected chi connectivity index (χ2v) is 5.37. The zero-order valence-electron chi connectivity index (χ0n) is 11.7. The van der Waals surface area contributed by atoms with E-state index in [9.17, 15) is 0 Å². The van der Waals surface area contributed by atoms with Crippen molar-refractivity contribution >= 4 is 33.3 Å². The highest BCUT2D eigenvalue weighted by molar-refractivity contribution is 7.16. The average molecular weight is 304 g/mol. The third kappa shape index (κ3) is 3.27. The van der Waals surface area contributed by atoms with Gasteiger partial charge in [0.25, 0.3) is 0 Å². The monoisotopic (exact) mass is 304 g/mol. The molecule has 0 aromatic carbocycles. The van der Waals surface area contributed by atoms with E-state index in [4.69, 9.17) is 4.52 Å². The van der Waals surface area contributed by atoms with E-state index in [1.165, 1.54) is 6.33 Å². The van der Waals surface area contributed by atoms with Crippen LogP contribution in [-0.4, -0.2) is 33.2 Å². The molecule has 3 rings (SSSR count). The first-order valence-corrected chi connectivity index (χ1v) is 7.73. The Hall–Kier alpha value is -2.22. The number of hydrogen-bond acceptors (Lipinski definition) is 8. The standard InChI is InChI=1S/C13H16N6OS/c1-2-5-15-13-18-11(9-4-7-21-12(9)19-13)14-6-3-10-16-8-17-20-10/h4,7-8H,2-3,5-6H2,1H3,(H2,14,15,18,19). The molecule has 0 aliphatic heterocycles. The second kappa shape index (κ2) is 6.49. The number of rotatable bonds is 7. The van der Waals surface area contributed by atoms with Gasteiger partial charge in [0.2, 0.25) is 11.8 Å². The van der Waals surface area contributed by atoms with Gasteiger partial charge < -0.3 is 15.2 Å². The Bertz CT molecular complexity index is 696. The molecule has 2 N–H and O–H groups in total. The van der Waals surface area contributed by atoms with Gasteiger partial charge in [-0.05, 0) is 17.9 Å². The number of aromatic nitrogens is 4. The van der Waals surface area contributed by atoms with Gasteiger partial charge in [0.05, 0.1) is 5.39 Å². The first-order chi connectivity index (χ1) is 10.4.